The van der Waals surface area contributed by atoms with Gasteiger partial charge in [0.1, 0.15) is 0 Å². The Bertz CT molecular complexity index is 1170. The zero-order valence-corrected chi connectivity index (χ0v) is 17.0. The first-order valence-electron chi connectivity index (χ1n) is 10.3. The van der Waals surface area contributed by atoms with Crippen LogP contribution in [-0.2, 0) is 0 Å². The first-order chi connectivity index (χ1) is 15.3. The van der Waals surface area contributed by atoms with Crippen LogP contribution in [0.1, 0.15) is 10.4 Å². The van der Waals surface area contributed by atoms with Gasteiger partial charge < -0.3 is 14.2 Å². The maximum absolute atomic E-state index is 13.3. The molecule has 2 aromatic heterocycles. The Kier molecular flexibility index (Phi) is 5.19. The van der Waals surface area contributed by atoms with Crippen LogP contribution in [0.5, 0.6) is 0 Å². The number of anilines is 1. The summed E-state index contributed by atoms with van der Waals surface area (Å²) in [7, 11) is 0. The van der Waals surface area contributed by atoms with Crippen molar-refractivity contribution < 1.29 is 9.21 Å². The topological polar surface area (TPSA) is 62.5 Å². The van der Waals surface area contributed by atoms with E-state index in [1.54, 1.807) is 18.6 Å². The van der Waals surface area contributed by atoms with Crippen molar-refractivity contribution in [3.8, 4) is 22.8 Å². The van der Waals surface area contributed by atoms with E-state index in [1.807, 2.05) is 71.6 Å². The van der Waals surface area contributed by atoms with Gasteiger partial charge in [-0.05, 0) is 24.3 Å². The van der Waals surface area contributed by atoms with Crippen molar-refractivity contribution in [3.05, 3.63) is 90.9 Å². The van der Waals surface area contributed by atoms with Crippen molar-refractivity contribution in [2.24, 2.45) is 0 Å². The van der Waals surface area contributed by atoms with Crippen molar-refractivity contribution in [2.45, 2.75) is 0 Å². The molecule has 3 heterocycles. The van der Waals surface area contributed by atoms with E-state index in [2.05, 4.69) is 14.9 Å². The molecule has 6 nitrogen and oxygen atoms in total. The second-order valence-electron chi connectivity index (χ2n) is 7.43. The van der Waals surface area contributed by atoms with E-state index < -0.39 is 0 Å². The van der Waals surface area contributed by atoms with Gasteiger partial charge in [-0.3, -0.25) is 9.78 Å². The molecule has 0 radical (unpaired) electrons. The van der Waals surface area contributed by atoms with E-state index in [4.69, 9.17) is 4.42 Å². The highest BCUT2D eigenvalue weighted by atomic mass is 16.4. The second kappa shape index (κ2) is 8.44. The average molecular weight is 410 g/mol. The third-order valence-corrected chi connectivity index (χ3v) is 5.55. The molecule has 31 heavy (non-hydrogen) atoms. The van der Waals surface area contributed by atoms with E-state index >= 15 is 0 Å². The lowest BCUT2D eigenvalue weighted by Crippen LogP contribution is -2.48. The molecule has 1 amide bonds. The number of oxazole rings is 1. The Hall–Kier alpha value is -3.93. The van der Waals surface area contributed by atoms with Gasteiger partial charge >= 0.3 is 0 Å². The summed E-state index contributed by atoms with van der Waals surface area (Å²) in [5.41, 5.74) is 3.42. The number of carbonyl (C=O) groups excluding carboxylic acids is 1. The van der Waals surface area contributed by atoms with Crippen molar-refractivity contribution in [1.29, 1.82) is 0 Å². The molecule has 2 aromatic carbocycles. The number of hydrogen-bond acceptors (Lipinski definition) is 5. The molecule has 1 aliphatic rings. The fraction of sp³-hybridized carbons (Fsp3) is 0.160. The molecule has 0 saturated carbocycles. The Labute approximate surface area is 180 Å². The zero-order chi connectivity index (χ0) is 21.0. The number of hydrogen-bond donors (Lipinski definition) is 0. The standard InChI is InChI=1S/C25H22N4O2/c30-25(29-16-14-28(15-17-29)20-10-12-26-13-11-20)22-9-5-4-8-21(22)24-27-18-23(31-24)19-6-2-1-3-7-19/h1-13,18H,14-17H2. The van der Waals surface area contributed by atoms with Crippen molar-refractivity contribution in [3.63, 3.8) is 0 Å². The fourth-order valence-corrected chi connectivity index (χ4v) is 3.88. The number of piperazine rings is 1. The summed E-state index contributed by atoms with van der Waals surface area (Å²) in [6.45, 7) is 2.90. The third-order valence-electron chi connectivity index (χ3n) is 5.55. The van der Waals surface area contributed by atoms with Crippen molar-refractivity contribution in [1.82, 2.24) is 14.9 Å². The van der Waals surface area contributed by atoms with E-state index in [-0.39, 0.29) is 5.91 Å². The fourth-order valence-electron chi connectivity index (χ4n) is 3.88. The first-order valence-corrected chi connectivity index (χ1v) is 10.3. The largest absolute Gasteiger partial charge is 0.436 e. The van der Waals surface area contributed by atoms with E-state index in [0.717, 1.165) is 24.3 Å². The van der Waals surface area contributed by atoms with Crippen LogP contribution in [0.25, 0.3) is 22.8 Å². The highest BCUT2D eigenvalue weighted by molar-refractivity contribution is 6.00. The van der Waals surface area contributed by atoms with Crippen LogP contribution >= 0.6 is 0 Å². The van der Waals surface area contributed by atoms with Gasteiger partial charge in [0.05, 0.1) is 11.8 Å². The van der Waals surface area contributed by atoms with Gasteiger partial charge in [0.15, 0.2) is 5.76 Å². The van der Waals surface area contributed by atoms with E-state index in [1.165, 1.54) is 0 Å². The van der Waals surface area contributed by atoms with Crippen LogP contribution in [0, 0.1) is 0 Å². The molecule has 0 aliphatic carbocycles. The van der Waals surface area contributed by atoms with Gasteiger partial charge in [-0.1, -0.05) is 42.5 Å². The first kappa shape index (κ1) is 19.1. The molecule has 4 aromatic rings. The van der Waals surface area contributed by atoms with Gasteiger partial charge in [0.25, 0.3) is 5.91 Å². The highest BCUT2D eigenvalue weighted by Gasteiger charge is 2.25. The van der Waals surface area contributed by atoms with E-state index in [9.17, 15) is 4.79 Å². The van der Waals surface area contributed by atoms with Crippen molar-refractivity contribution in [2.75, 3.05) is 31.1 Å². The molecule has 0 atom stereocenters. The number of nitrogens with zero attached hydrogens (tertiary/aromatic N) is 4. The summed E-state index contributed by atoms with van der Waals surface area (Å²) < 4.78 is 6.01. The Balaban J connectivity index is 1.35. The average Bonchev–Trinajstić information content (AvgIpc) is 3.35. The Morgan fingerprint density at radius 2 is 1.55 bits per heavy atom. The lowest BCUT2D eigenvalue weighted by molar-refractivity contribution is 0.0747. The van der Waals surface area contributed by atoms with Gasteiger partial charge in [-0.2, -0.15) is 0 Å². The van der Waals surface area contributed by atoms with Gasteiger partial charge in [-0.25, -0.2) is 4.98 Å². The van der Waals surface area contributed by atoms with Crippen LogP contribution in [0.4, 0.5) is 5.69 Å². The normalized spacial score (nSPS) is 13.9. The summed E-state index contributed by atoms with van der Waals surface area (Å²) in [5.74, 6) is 1.14. The molecule has 154 valence electrons. The number of aromatic nitrogens is 2. The number of pyridine rings is 1. The Morgan fingerprint density at radius 3 is 2.32 bits per heavy atom. The molecule has 0 unspecified atom stereocenters. The van der Waals surface area contributed by atoms with Gasteiger partial charge in [0, 0.05) is 55.4 Å². The predicted molar refractivity (Wildman–Crippen MR) is 120 cm³/mol. The van der Waals surface area contributed by atoms with Crippen LogP contribution in [0.15, 0.2) is 89.7 Å². The molecular weight excluding hydrogens is 388 g/mol. The predicted octanol–water partition coefficient (Wildman–Crippen LogP) is 4.37. The summed E-state index contributed by atoms with van der Waals surface area (Å²) in [6.07, 6.45) is 5.30. The van der Waals surface area contributed by atoms with Crippen LogP contribution in [0.2, 0.25) is 0 Å². The molecule has 1 aliphatic heterocycles. The zero-order valence-electron chi connectivity index (χ0n) is 17.0. The number of amides is 1. The third kappa shape index (κ3) is 3.92. The summed E-state index contributed by atoms with van der Waals surface area (Å²) in [4.78, 5) is 26.0. The van der Waals surface area contributed by atoms with Gasteiger partial charge in [0.2, 0.25) is 5.89 Å². The van der Waals surface area contributed by atoms with Crippen LogP contribution in [0.3, 0.4) is 0 Å². The number of benzene rings is 2. The molecule has 1 fully saturated rings. The monoisotopic (exact) mass is 410 g/mol. The SMILES string of the molecule is O=C(c1ccccc1-c1ncc(-c2ccccc2)o1)N1CCN(c2ccncc2)CC1. The molecule has 0 N–H and O–H groups in total. The van der Waals surface area contributed by atoms with Crippen LogP contribution < -0.4 is 4.90 Å². The quantitative estimate of drug-likeness (QED) is 0.500. The molecule has 5 rings (SSSR count). The maximum Gasteiger partial charge on any atom is 0.254 e. The minimum Gasteiger partial charge on any atom is -0.436 e. The second-order valence-corrected chi connectivity index (χ2v) is 7.43. The number of rotatable bonds is 4. The molecular formula is C25H22N4O2. The summed E-state index contributed by atoms with van der Waals surface area (Å²) in [5, 5.41) is 0. The lowest BCUT2D eigenvalue weighted by atomic mass is 10.1. The molecule has 0 bridgehead atoms. The van der Waals surface area contributed by atoms with Crippen LogP contribution in [-0.4, -0.2) is 47.0 Å². The number of carbonyl (C=O) groups is 1. The lowest BCUT2D eigenvalue weighted by Gasteiger charge is -2.36. The summed E-state index contributed by atoms with van der Waals surface area (Å²) >= 11 is 0. The molecule has 1 saturated heterocycles. The smallest absolute Gasteiger partial charge is 0.254 e. The van der Waals surface area contributed by atoms with Gasteiger partial charge in [-0.15, -0.1) is 0 Å². The minimum absolute atomic E-state index is 0.00411. The molecule has 0 spiro atoms. The van der Waals surface area contributed by atoms with E-state index in [0.29, 0.717) is 35.9 Å². The highest BCUT2D eigenvalue weighted by Crippen LogP contribution is 2.29. The molecule has 6 heteroatoms. The summed E-state index contributed by atoms with van der Waals surface area (Å²) in [6, 6.07) is 21.3. The Morgan fingerprint density at radius 1 is 0.839 bits per heavy atom. The maximum atomic E-state index is 13.3. The van der Waals surface area contributed by atoms with Crippen molar-refractivity contribution >= 4 is 11.6 Å². The minimum atomic E-state index is 0.00411.